The molecule has 1 aliphatic heterocycles. The Labute approximate surface area is 371 Å². The molecule has 3 aromatic carbocycles. The van der Waals surface area contributed by atoms with Gasteiger partial charge in [-0.25, -0.2) is 4.79 Å². The van der Waals surface area contributed by atoms with E-state index in [1.54, 1.807) is 13.8 Å². The number of phenols is 1. The van der Waals surface area contributed by atoms with E-state index in [1.807, 2.05) is 24.3 Å². The number of H-pyrrole nitrogens is 1. The summed E-state index contributed by atoms with van der Waals surface area (Å²) in [5.74, 6) is -6.29. The number of fused-ring (bicyclic) bond motifs is 1. The van der Waals surface area contributed by atoms with Gasteiger partial charge < -0.3 is 39.8 Å². The van der Waals surface area contributed by atoms with Crippen LogP contribution in [0.3, 0.4) is 0 Å². The largest absolute Gasteiger partial charge is 0.508 e. The summed E-state index contributed by atoms with van der Waals surface area (Å²) < 4.78 is 61.9. The number of likely N-dealkylation sites (N-methyl/N-ethyl adjacent to an activating group) is 1. The molecule has 0 saturated carbocycles. The van der Waals surface area contributed by atoms with Crippen molar-refractivity contribution in [1.82, 2.24) is 20.5 Å². The number of nitrogens with zero attached hydrogens (tertiary/aromatic N) is 1. The first-order valence-corrected chi connectivity index (χ1v) is 21.1. The zero-order valence-electron chi connectivity index (χ0n) is 35.8. The van der Waals surface area contributed by atoms with Crippen LogP contribution in [0.5, 0.6) is 5.75 Å². The van der Waals surface area contributed by atoms with E-state index < -0.39 is 95.6 Å². The number of hydrogen-bond acceptors (Lipinski definition) is 9. The molecular weight excluding hydrogens is 889 g/mol. The predicted octanol–water partition coefficient (Wildman–Crippen LogP) is 7.33. The Morgan fingerprint density at radius 2 is 1.56 bits per heavy atom. The number of methoxy groups -OCH3 is 1. The molecule has 3 amide bonds. The van der Waals surface area contributed by atoms with E-state index in [1.165, 1.54) is 68.3 Å². The normalized spacial score (nSPS) is 24.9. The Kier molecular flexibility index (Phi) is 15.5. The minimum absolute atomic E-state index is 0.000304. The lowest BCUT2D eigenvalue weighted by Gasteiger charge is -2.36. The molecule has 17 heteroatoms. The van der Waals surface area contributed by atoms with Crippen LogP contribution in [-0.4, -0.2) is 89.3 Å². The summed E-state index contributed by atoms with van der Waals surface area (Å²) in [5, 5.41) is 16.4. The summed E-state index contributed by atoms with van der Waals surface area (Å²) >= 11 is 3.56. The first kappa shape index (κ1) is 48.4. The van der Waals surface area contributed by atoms with Crippen LogP contribution in [0.1, 0.15) is 69.7 Å². The van der Waals surface area contributed by atoms with E-state index in [0.717, 1.165) is 30.1 Å². The number of ether oxygens (including phenoxy) is 3. The number of rotatable bonds is 7. The number of aromatic nitrogens is 1. The fraction of sp³-hybridized carbons (Fsp3) is 0.413. The molecule has 0 bridgehead atoms. The number of benzene rings is 3. The molecule has 0 unspecified atom stereocenters. The molecule has 2 heterocycles. The molecule has 0 spiro atoms. The van der Waals surface area contributed by atoms with Crippen LogP contribution in [0.2, 0.25) is 0 Å². The molecule has 1 aromatic heterocycles. The first-order chi connectivity index (χ1) is 29.7. The second kappa shape index (κ2) is 20.2. The average molecular weight is 942 g/mol. The molecule has 1 saturated heterocycles. The number of nitrogens with one attached hydrogen (secondary N) is 3. The maximum absolute atomic E-state index is 14.9. The van der Waals surface area contributed by atoms with Gasteiger partial charge in [-0.2, -0.15) is 13.2 Å². The van der Waals surface area contributed by atoms with E-state index >= 15 is 0 Å². The molecule has 63 heavy (non-hydrogen) atoms. The topological polar surface area (TPSA) is 176 Å². The molecule has 13 nitrogen and oxygen atoms in total. The standard InChI is InChI=1S/C46H52BrF3N4O9/c1-25-21-27(3)41(57)51-29(5)43(59)54(6)37(23-34-33-15-11-12-16-35(33)52-40(34)47)42(58)53-36(30-17-19-32(55)20-18-30)24-38(56)62-28(4)22-26(2)39(25)63-44(60)45(61-7,46(48,49)50)31-13-9-8-10-14-31/h8-20,26-29,36-37,39,52,55H,1,21-24H2,2-7H3,(H,51,57)(H,53,58)/t26-,27+,28+,29+,36-,37-,39+,45+/m1/s1. The third-order valence-corrected chi connectivity index (χ3v) is 12.0. The number of cyclic esters (lactones) is 1. The number of carbonyl (C=O) groups excluding carboxylic acids is 5. The quantitative estimate of drug-likeness (QED) is 0.109. The van der Waals surface area contributed by atoms with Gasteiger partial charge in [-0.1, -0.05) is 81.1 Å². The molecule has 1 fully saturated rings. The summed E-state index contributed by atoms with van der Waals surface area (Å²) in [6.07, 6.45) is -8.29. The maximum Gasteiger partial charge on any atom is 0.432 e. The third kappa shape index (κ3) is 10.9. The number of phenolic OH excluding ortho intramolecular Hbond substituents is 1. The number of alkyl halides is 3. The summed E-state index contributed by atoms with van der Waals surface area (Å²) in [4.78, 5) is 74.5. The van der Waals surface area contributed by atoms with Crippen LogP contribution in [0, 0.1) is 11.8 Å². The zero-order chi connectivity index (χ0) is 46.4. The molecule has 0 radical (unpaired) electrons. The van der Waals surface area contributed by atoms with Crippen molar-refractivity contribution in [2.24, 2.45) is 11.8 Å². The third-order valence-electron chi connectivity index (χ3n) is 11.4. The lowest BCUT2D eigenvalue weighted by atomic mass is 9.87. The van der Waals surface area contributed by atoms with Gasteiger partial charge in [-0.3, -0.25) is 19.2 Å². The van der Waals surface area contributed by atoms with Crippen LogP contribution in [0.25, 0.3) is 10.9 Å². The van der Waals surface area contributed by atoms with Gasteiger partial charge in [0.25, 0.3) is 5.60 Å². The minimum atomic E-state index is -5.28. The summed E-state index contributed by atoms with van der Waals surface area (Å²) in [6.45, 7) is 10.2. The van der Waals surface area contributed by atoms with Crippen LogP contribution in [0.15, 0.2) is 95.6 Å². The number of amides is 3. The van der Waals surface area contributed by atoms with Gasteiger partial charge >= 0.3 is 18.1 Å². The van der Waals surface area contributed by atoms with Crippen LogP contribution in [0.4, 0.5) is 13.2 Å². The van der Waals surface area contributed by atoms with E-state index in [0.29, 0.717) is 15.7 Å². The number of aromatic amines is 1. The highest BCUT2D eigenvalue weighted by atomic mass is 79.9. The number of aromatic hydroxyl groups is 1. The summed E-state index contributed by atoms with van der Waals surface area (Å²) in [5.41, 5.74) is -2.08. The van der Waals surface area contributed by atoms with Crippen LogP contribution < -0.4 is 10.6 Å². The van der Waals surface area contributed by atoms with E-state index in [-0.39, 0.29) is 30.6 Å². The van der Waals surface area contributed by atoms with Crippen molar-refractivity contribution in [1.29, 1.82) is 0 Å². The lowest BCUT2D eigenvalue weighted by Crippen LogP contribution is -2.55. The van der Waals surface area contributed by atoms with Crippen molar-refractivity contribution >= 4 is 56.5 Å². The van der Waals surface area contributed by atoms with Crippen molar-refractivity contribution in [2.45, 2.75) is 95.5 Å². The molecule has 4 N–H and O–H groups in total. The predicted molar refractivity (Wildman–Crippen MR) is 231 cm³/mol. The van der Waals surface area contributed by atoms with Crippen LogP contribution in [-0.2, 0) is 50.2 Å². The monoisotopic (exact) mass is 940 g/mol. The van der Waals surface area contributed by atoms with Gasteiger partial charge in [0, 0.05) is 48.9 Å². The highest BCUT2D eigenvalue weighted by Gasteiger charge is 2.64. The Hall–Kier alpha value is -5.68. The maximum atomic E-state index is 14.9. The molecule has 8 atom stereocenters. The second-order valence-electron chi connectivity index (χ2n) is 16.1. The first-order valence-electron chi connectivity index (χ1n) is 20.3. The Balaban J connectivity index is 1.53. The number of hydrogen-bond donors (Lipinski definition) is 4. The minimum Gasteiger partial charge on any atom is -0.508 e. The highest BCUT2D eigenvalue weighted by molar-refractivity contribution is 9.10. The smallest absolute Gasteiger partial charge is 0.432 e. The van der Waals surface area contributed by atoms with Gasteiger partial charge in [0.2, 0.25) is 17.7 Å². The average Bonchev–Trinajstić information content (AvgIpc) is 3.54. The van der Waals surface area contributed by atoms with E-state index in [9.17, 15) is 42.3 Å². The Morgan fingerprint density at radius 1 is 0.921 bits per heavy atom. The SMILES string of the molecule is C=C1C[C@H](C)C(=O)N[C@@H](C)C(=O)N(C)[C@H](Cc2c(Br)[nH]c3ccccc23)C(=O)N[C@@H](c2ccc(O)cc2)CC(=O)O[C@@H](C)C[C@@H](C)[C@H]1OC(=O)[C@@](OC)(c1ccccc1)C(F)(F)F. The number of carbonyl (C=O) groups is 5. The number of para-hydroxylation sites is 1. The van der Waals surface area contributed by atoms with Gasteiger partial charge in [-0.05, 0) is 77.5 Å². The van der Waals surface area contributed by atoms with Crippen LogP contribution >= 0.6 is 15.9 Å². The van der Waals surface area contributed by atoms with Crippen molar-refractivity contribution in [3.8, 4) is 5.75 Å². The van der Waals surface area contributed by atoms with Gasteiger partial charge in [0.15, 0.2) is 0 Å². The fourth-order valence-electron chi connectivity index (χ4n) is 7.99. The van der Waals surface area contributed by atoms with Gasteiger partial charge in [0.1, 0.15) is 23.9 Å². The van der Waals surface area contributed by atoms with Crippen molar-refractivity contribution in [3.63, 3.8) is 0 Å². The Bertz CT molecular complexity index is 2310. The van der Waals surface area contributed by atoms with Gasteiger partial charge in [-0.15, -0.1) is 0 Å². The molecule has 338 valence electrons. The van der Waals surface area contributed by atoms with Gasteiger partial charge in [0.05, 0.1) is 23.2 Å². The highest BCUT2D eigenvalue weighted by Crippen LogP contribution is 2.44. The number of esters is 2. The van der Waals surface area contributed by atoms with E-state index in [4.69, 9.17) is 14.2 Å². The Morgan fingerprint density at radius 3 is 2.19 bits per heavy atom. The van der Waals surface area contributed by atoms with Crippen molar-refractivity contribution < 1.29 is 56.5 Å². The van der Waals surface area contributed by atoms with Crippen molar-refractivity contribution in [3.05, 3.63) is 112 Å². The van der Waals surface area contributed by atoms with E-state index in [2.05, 4.69) is 38.1 Å². The lowest BCUT2D eigenvalue weighted by molar-refractivity contribution is -0.278. The second-order valence-corrected chi connectivity index (χ2v) is 16.9. The zero-order valence-corrected chi connectivity index (χ0v) is 37.3. The molecule has 1 aliphatic rings. The summed E-state index contributed by atoms with van der Waals surface area (Å²) in [7, 11) is 2.17. The molecular formula is C46H52BrF3N4O9. The summed E-state index contributed by atoms with van der Waals surface area (Å²) in [6, 6.07) is 16.1. The molecule has 0 aliphatic carbocycles. The van der Waals surface area contributed by atoms with Crippen molar-refractivity contribution in [2.75, 3.05) is 14.2 Å². The fourth-order valence-corrected chi connectivity index (χ4v) is 8.58. The molecule has 5 rings (SSSR count). The number of halogens is 4. The molecule has 4 aromatic rings.